The van der Waals surface area contributed by atoms with Crippen molar-refractivity contribution in [3.05, 3.63) is 36.0 Å². The lowest BCUT2D eigenvalue weighted by Crippen LogP contribution is -2.48. The quantitative estimate of drug-likeness (QED) is 0.833. The highest BCUT2D eigenvalue weighted by Gasteiger charge is 2.25. The average Bonchev–Trinajstić information content (AvgIpc) is 3.04. The van der Waals surface area contributed by atoms with E-state index in [4.69, 9.17) is 0 Å². The van der Waals surface area contributed by atoms with E-state index in [1.54, 1.807) is 7.05 Å². The highest BCUT2D eigenvalue weighted by molar-refractivity contribution is 5.86. The number of benzene rings is 1. The molecule has 28 heavy (non-hydrogen) atoms. The Morgan fingerprint density at radius 2 is 1.89 bits per heavy atom. The van der Waals surface area contributed by atoms with E-state index in [0.29, 0.717) is 12.5 Å². The van der Waals surface area contributed by atoms with Crippen molar-refractivity contribution in [1.82, 2.24) is 20.1 Å². The van der Waals surface area contributed by atoms with Crippen LogP contribution in [0.3, 0.4) is 0 Å². The second-order valence-electron chi connectivity index (χ2n) is 8.89. The van der Waals surface area contributed by atoms with Gasteiger partial charge in [-0.15, -0.1) is 0 Å². The predicted molar refractivity (Wildman–Crippen MR) is 112 cm³/mol. The van der Waals surface area contributed by atoms with E-state index in [9.17, 15) is 9.59 Å². The summed E-state index contributed by atoms with van der Waals surface area (Å²) in [5.74, 6) is 0.397. The van der Waals surface area contributed by atoms with Crippen LogP contribution in [0.25, 0.3) is 10.9 Å². The minimum absolute atomic E-state index is 0.00500. The van der Waals surface area contributed by atoms with Gasteiger partial charge in [-0.3, -0.25) is 14.5 Å². The van der Waals surface area contributed by atoms with Gasteiger partial charge < -0.3 is 15.2 Å². The normalized spacial score (nSPS) is 16.3. The molecule has 152 valence electrons. The molecule has 3 rings (SSSR count). The molecule has 2 heterocycles. The van der Waals surface area contributed by atoms with Gasteiger partial charge in [0.15, 0.2) is 0 Å². The number of likely N-dealkylation sites (tertiary alicyclic amines) is 1. The number of piperidine rings is 1. The smallest absolute Gasteiger partial charge is 0.240 e. The van der Waals surface area contributed by atoms with Crippen LogP contribution in [0.15, 0.2) is 30.5 Å². The Hall–Kier alpha value is -2.34. The largest absolute Gasteiger partial charge is 0.361 e. The molecule has 1 fully saturated rings. The topological polar surface area (TPSA) is 68.4 Å². The maximum atomic E-state index is 12.5. The van der Waals surface area contributed by atoms with Gasteiger partial charge in [0.05, 0.1) is 13.1 Å². The maximum absolute atomic E-state index is 12.5. The minimum atomic E-state index is -0.286. The zero-order valence-electron chi connectivity index (χ0n) is 17.4. The summed E-state index contributed by atoms with van der Waals surface area (Å²) in [5.41, 5.74) is 2.29. The fraction of sp³-hybridized carbons (Fsp3) is 0.545. The van der Waals surface area contributed by atoms with Crippen molar-refractivity contribution in [2.75, 3.05) is 33.2 Å². The van der Waals surface area contributed by atoms with Crippen molar-refractivity contribution >= 4 is 22.7 Å². The van der Waals surface area contributed by atoms with E-state index in [1.807, 2.05) is 20.8 Å². The molecule has 1 aliphatic rings. The molecule has 0 saturated carbocycles. The average molecular weight is 385 g/mol. The molecule has 6 heteroatoms. The number of nitrogens with one attached hydrogen (secondary N) is 2. The number of para-hydroxylation sites is 1. The number of aromatic nitrogens is 1. The summed E-state index contributed by atoms with van der Waals surface area (Å²) in [5, 5.41) is 4.20. The lowest BCUT2D eigenvalue weighted by Gasteiger charge is -2.32. The van der Waals surface area contributed by atoms with Crippen LogP contribution in [0, 0.1) is 0 Å². The van der Waals surface area contributed by atoms with Crippen LogP contribution in [0.4, 0.5) is 0 Å². The minimum Gasteiger partial charge on any atom is -0.361 e. The van der Waals surface area contributed by atoms with E-state index in [-0.39, 0.29) is 23.9 Å². The highest BCUT2D eigenvalue weighted by Crippen LogP contribution is 2.32. The van der Waals surface area contributed by atoms with Crippen molar-refractivity contribution in [1.29, 1.82) is 0 Å². The number of nitrogens with zero attached hydrogens (tertiary/aromatic N) is 2. The highest BCUT2D eigenvalue weighted by atomic mass is 16.2. The summed E-state index contributed by atoms with van der Waals surface area (Å²) >= 11 is 0. The first kappa shape index (κ1) is 20.4. The van der Waals surface area contributed by atoms with Crippen LogP contribution < -0.4 is 5.32 Å². The number of carbonyl (C=O) groups is 2. The van der Waals surface area contributed by atoms with Crippen molar-refractivity contribution < 1.29 is 9.59 Å². The Balaban J connectivity index is 1.48. The van der Waals surface area contributed by atoms with Crippen LogP contribution in [0.1, 0.15) is 45.1 Å². The molecule has 1 saturated heterocycles. The fourth-order valence-corrected chi connectivity index (χ4v) is 3.91. The number of H-pyrrole nitrogens is 1. The van der Waals surface area contributed by atoms with E-state index in [1.165, 1.54) is 21.4 Å². The number of rotatable bonds is 5. The number of hydrogen-bond acceptors (Lipinski definition) is 3. The predicted octanol–water partition coefficient (Wildman–Crippen LogP) is 2.72. The molecular weight excluding hydrogens is 352 g/mol. The van der Waals surface area contributed by atoms with Gasteiger partial charge >= 0.3 is 0 Å². The second-order valence-corrected chi connectivity index (χ2v) is 8.89. The number of amides is 2. The van der Waals surface area contributed by atoms with Gasteiger partial charge in [-0.2, -0.15) is 0 Å². The molecule has 2 aromatic rings. The summed E-state index contributed by atoms with van der Waals surface area (Å²) in [6.45, 7) is 8.08. The monoisotopic (exact) mass is 384 g/mol. The molecule has 0 atom stereocenters. The van der Waals surface area contributed by atoms with Gasteiger partial charge in [0.2, 0.25) is 11.8 Å². The molecule has 2 N–H and O–H groups in total. The third-order valence-electron chi connectivity index (χ3n) is 5.33. The molecule has 1 aromatic heterocycles. The van der Waals surface area contributed by atoms with E-state index >= 15 is 0 Å². The number of aromatic amines is 1. The Morgan fingerprint density at radius 1 is 1.21 bits per heavy atom. The summed E-state index contributed by atoms with van der Waals surface area (Å²) < 4.78 is 0. The van der Waals surface area contributed by atoms with Crippen LogP contribution in [0.5, 0.6) is 0 Å². The Bertz CT molecular complexity index is 828. The number of likely N-dealkylation sites (N-methyl/N-ethyl adjacent to an activating group) is 1. The SMILES string of the molecule is CN(CC(=O)NC(C)(C)C)C(=O)CN1CCC(c2c[nH]c3ccccc23)CC1. The van der Waals surface area contributed by atoms with Crippen molar-refractivity contribution in [3.63, 3.8) is 0 Å². The zero-order chi connectivity index (χ0) is 20.3. The van der Waals surface area contributed by atoms with Crippen molar-refractivity contribution in [2.24, 2.45) is 0 Å². The molecule has 0 spiro atoms. The molecule has 0 radical (unpaired) electrons. The summed E-state index contributed by atoms with van der Waals surface area (Å²) in [6, 6.07) is 8.42. The van der Waals surface area contributed by atoms with Crippen LogP contribution >= 0.6 is 0 Å². The van der Waals surface area contributed by atoms with Gasteiger partial charge in [0, 0.05) is 29.7 Å². The van der Waals surface area contributed by atoms with Gasteiger partial charge in [0.1, 0.15) is 0 Å². The van der Waals surface area contributed by atoms with Crippen molar-refractivity contribution in [3.8, 4) is 0 Å². The van der Waals surface area contributed by atoms with Gasteiger partial charge in [-0.25, -0.2) is 0 Å². The molecule has 2 amide bonds. The fourth-order valence-electron chi connectivity index (χ4n) is 3.91. The third kappa shape index (κ3) is 5.13. The van der Waals surface area contributed by atoms with E-state index in [0.717, 1.165) is 25.9 Å². The summed E-state index contributed by atoms with van der Waals surface area (Å²) in [4.78, 5) is 31.6. The first-order chi connectivity index (χ1) is 13.2. The maximum Gasteiger partial charge on any atom is 0.240 e. The van der Waals surface area contributed by atoms with E-state index in [2.05, 4.69) is 45.7 Å². The van der Waals surface area contributed by atoms with Gasteiger partial charge in [-0.05, 0) is 64.3 Å². The third-order valence-corrected chi connectivity index (χ3v) is 5.33. The molecule has 0 bridgehead atoms. The van der Waals surface area contributed by atoms with Gasteiger partial charge in [-0.1, -0.05) is 18.2 Å². The molecular formula is C22H32N4O2. The lowest BCUT2D eigenvalue weighted by molar-refractivity contribution is -0.136. The molecule has 0 unspecified atom stereocenters. The number of hydrogen-bond donors (Lipinski definition) is 2. The molecule has 1 aromatic carbocycles. The zero-order valence-corrected chi connectivity index (χ0v) is 17.4. The number of carbonyl (C=O) groups excluding carboxylic acids is 2. The summed E-state index contributed by atoms with van der Waals surface area (Å²) in [6.07, 6.45) is 4.23. The number of fused-ring (bicyclic) bond motifs is 1. The lowest BCUT2D eigenvalue weighted by atomic mass is 9.89. The van der Waals surface area contributed by atoms with Crippen LogP contribution in [-0.4, -0.2) is 65.4 Å². The standard InChI is InChI=1S/C22H32N4O2/c1-22(2,3)24-20(27)14-25(4)21(28)15-26-11-9-16(10-12-26)18-13-23-19-8-6-5-7-17(18)19/h5-8,13,16,23H,9-12,14-15H2,1-4H3,(H,24,27). The molecule has 0 aliphatic carbocycles. The molecule has 6 nitrogen and oxygen atoms in total. The van der Waals surface area contributed by atoms with E-state index < -0.39 is 0 Å². The van der Waals surface area contributed by atoms with Crippen molar-refractivity contribution in [2.45, 2.75) is 45.1 Å². The van der Waals surface area contributed by atoms with Crippen LogP contribution in [-0.2, 0) is 9.59 Å². The summed E-state index contributed by atoms with van der Waals surface area (Å²) in [7, 11) is 1.70. The first-order valence-electron chi connectivity index (χ1n) is 10.1. The Morgan fingerprint density at radius 3 is 2.57 bits per heavy atom. The molecule has 1 aliphatic heterocycles. The Kier molecular flexibility index (Phi) is 6.08. The second kappa shape index (κ2) is 8.35. The van der Waals surface area contributed by atoms with Crippen LogP contribution in [0.2, 0.25) is 0 Å². The van der Waals surface area contributed by atoms with Gasteiger partial charge in [0.25, 0.3) is 0 Å². The Labute approximate surface area is 167 Å². The first-order valence-corrected chi connectivity index (χ1v) is 10.1.